The van der Waals surface area contributed by atoms with Gasteiger partial charge >= 0.3 is 6.09 Å². The van der Waals surface area contributed by atoms with Crippen LogP contribution in [-0.4, -0.2) is 38.9 Å². The van der Waals surface area contributed by atoms with Crippen LogP contribution < -0.4 is 10.6 Å². The molecular formula is C14H19N3O3S2. The maximum atomic E-state index is 12.9. The molecule has 1 aromatic carbocycles. The molecule has 0 aromatic heterocycles. The third kappa shape index (κ3) is 3.45. The van der Waals surface area contributed by atoms with Gasteiger partial charge in [-0.3, -0.25) is 9.62 Å². The van der Waals surface area contributed by atoms with E-state index >= 15 is 0 Å². The topological polar surface area (TPSA) is 70.7 Å². The van der Waals surface area contributed by atoms with Gasteiger partial charge in [-0.15, -0.1) is 0 Å². The van der Waals surface area contributed by atoms with Gasteiger partial charge in [0, 0.05) is 0 Å². The van der Waals surface area contributed by atoms with Crippen molar-refractivity contribution >= 4 is 34.3 Å². The van der Waals surface area contributed by atoms with Gasteiger partial charge < -0.3 is 10.1 Å². The molecule has 1 amide bonds. The van der Waals surface area contributed by atoms with E-state index in [1.54, 1.807) is 16.4 Å². The van der Waals surface area contributed by atoms with E-state index in [1.165, 1.54) is 7.11 Å². The fourth-order valence-corrected chi connectivity index (χ4v) is 3.83. The summed E-state index contributed by atoms with van der Waals surface area (Å²) >= 11 is 5.39. The molecule has 22 heavy (non-hydrogen) atoms. The Morgan fingerprint density at radius 2 is 2.09 bits per heavy atom. The van der Waals surface area contributed by atoms with Crippen LogP contribution in [0.1, 0.15) is 24.8 Å². The van der Waals surface area contributed by atoms with E-state index in [0.29, 0.717) is 11.7 Å². The number of carbonyl (C=O) groups is 1. The number of alkyl carbamates (subject to hydrolysis) is 1. The first-order chi connectivity index (χ1) is 10.4. The Hall–Kier alpha value is -1.51. The van der Waals surface area contributed by atoms with Crippen molar-refractivity contribution < 1.29 is 13.7 Å². The molecule has 1 saturated heterocycles. The number of nitrogens with zero attached hydrogens (tertiary/aromatic N) is 1. The number of thiocarbonyl (C=S) groups is 1. The van der Waals surface area contributed by atoms with Crippen molar-refractivity contribution in [1.29, 1.82) is 0 Å². The smallest absolute Gasteiger partial charge is 0.408 e. The summed E-state index contributed by atoms with van der Waals surface area (Å²) in [5.41, 5.74) is 0.316. The lowest BCUT2D eigenvalue weighted by Gasteiger charge is -2.26. The first-order valence-electron chi connectivity index (χ1n) is 6.74. The summed E-state index contributed by atoms with van der Waals surface area (Å²) in [5.74, 6) is 0. The normalized spacial score (nSPS) is 19.6. The maximum Gasteiger partial charge on any atom is 0.408 e. The molecule has 1 aromatic rings. The van der Waals surface area contributed by atoms with E-state index in [-0.39, 0.29) is 0 Å². The summed E-state index contributed by atoms with van der Waals surface area (Å²) in [4.78, 5) is 12.1. The summed E-state index contributed by atoms with van der Waals surface area (Å²) in [5, 5.41) is 5.08. The van der Waals surface area contributed by atoms with Gasteiger partial charge in [0.25, 0.3) is 0 Å². The van der Waals surface area contributed by atoms with Crippen LogP contribution >= 0.6 is 12.2 Å². The molecule has 0 radical (unpaired) electrons. The van der Waals surface area contributed by atoms with Crippen LogP contribution in [0.4, 0.5) is 4.79 Å². The minimum Gasteiger partial charge on any atom is -0.453 e. The lowest BCUT2D eigenvalue weighted by atomic mass is 10.1. The average molecular weight is 341 g/mol. The first-order valence-corrected chi connectivity index (χ1v) is 8.32. The molecule has 1 aliphatic heterocycles. The van der Waals surface area contributed by atoms with Crippen LogP contribution in [0.5, 0.6) is 0 Å². The van der Waals surface area contributed by atoms with Gasteiger partial charge in [0.2, 0.25) is 0 Å². The summed E-state index contributed by atoms with van der Waals surface area (Å²) in [6.45, 7) is 4.22. The van der Waals surface area contributed by atoms with Crippen molar-refractivity contribution in [3.05, 3.63) is 35.9 Å². The van der Waals surface area contributed by atoms with Crippen molar-refractivity contribution in [3.63, 3.8) is 0 Å². The Morgan fingerprint density at radius 3 is 2.59 bits per heavy atom. The van der Waals surface area contributed by atoms with Gasteiger partial charge in [0.15, 0.2) is 5.37 Å². The molecular weight excluding hydrogens is 322 g/mol. The van der Waals surface area contributed by atoms with Crippen LogP contribution in [-0.2, 0) is 15.7 Å². The number of methoxy groups -OCH3 is 1. The Balaban J connectivity index is 2.27. The highest BCUT2D eigenvalue weighted by atomic mass is 32.2. The van der Waals surface area contributed by atoms with E-state index in [0.717, 1.165) is 5.56 Å². The Bertz CT molecular complexity index is 592. The van der Waals surface area contributed by atoms with Gasteiger partial charge in [-0.2, -0.15) is 0 Å². The molecule has 0 spiro atoms. The summed E-state index contributed by atoms with van der Waals surface area (Å²) in [6.07, 6.45) is -0.639. The molecule has 2 atom stereocenters. The van der Waals surface area contributed by atoms with Gasteiger partial charge in [-0.25, -0.2) is 9.00 Å². The Labute approximate surface area is 137 Å². The van der Waals surface area contributed by atoms with Crippen molar-refractivity contribution in [1.82, 2.24) is 14.9 Å². The molecule has 2 rings (SSSR count). The maximum absolute atomic E-state index is 12.9. The van der Waals surface area contributed by atoms with Crippen molar-refractivity contribution in [2.45, 2.75) is 24.8 Å². The minimum atomic E-state index is -1.57. The quantitative estimate of drug-likeness (QED) is 0.815. The van der Waals surface area contributed by atoms with Gasteiger partial charge in [0.05, 0.1) is 19.3 Å². The number of benzene rings is 1. The third-order valence-corrected chi connectivity index (χ3v) is 5.77. The number of amides is 1. The molecule has 6 nitrogen and oxygen atoms in total. The first kappa shape index (κ1) is 16.9. The van der Waals surface area contributed by atoms with Crippen molar-refractivity contribution in [2.24, 2.45) is 0 Å². The van der Waals surface area contributed by atoms with Crippen LogP contribution in [0.2, 0.25) is 0 Å². The molecule has 1 fully saturated rings. The largest absolute Gasteiger partial charge is 0.453 e. The predicted octanol–water partition coefficient (Wildman–Crippen LogP) is 1.67. The zero-order valence-electron chi connectivity index (χ0n) is 12.7. The highest BCUT2D eigenvalue weighted by Crippen LogP contribution is 2.25. The van der Waals surface area contributed by atoms with Gasteiger partial charge in [0.1, 0.15) is 16.0 Å². The zero-order valence-corrected chi connectivity index (χ0v) is 14.3. The van der Waals surface area contributed by atoms with E-state index in [4.69, 9.17) is 12.2 Å². The Kier molecular flexibility index (Phi) is 5.15. The molecule has 0 aliphatic carbocycles. The molecule has 1 aliphatic rings. The van der Waals surface area contributed by atoms with E-state index in [1.807, 2.05) is 32.0 Å². The average Bonchev–Trinajstić information content (AvgIpc) is 2.79. The number of hydrogen-bond donors (Lipinski definition) is 2. The standard InChI is InChI=1S/C14H19N3O3S2/c1-14(2)12(21)17(9-15-14)22(19)11(16-13(18)20-3)10-7-5-4-6-8-10/h4-8,11,15H,9H2,1-3H3,(H,16,18). The van der Waals surface area contributed by atoms with Crippen molar-refractivity contribution in [3.8, 4) is 0 Å². The summed E-state index contributed by atoms with van der Waals surface area (Å²) < 4.78 is 19.2. The lowest BCUT2D eigenvalue weighted by Crippen LogP contribution is -2.42. The van der Waals surface area contributed by atoms with Gasteiger partial charge in [-0.05, 0) is 19.4 Å². The third-order valence-electron chi connectivity index (χ3n) is 3.38. The van der Waals surface area contributed by atoms with Crippen LogP contribution in [0.25, 0.3) is 0 Å². The number of ether oxygens (including phenoxy) is 1. The van der Waals surface area contributed by atoms with Crippen LogP contribution in [0, 0.1) is 0 Å². The SMILES string of the molecule is COC(=O)NC(c1ccccc1)S(=O)N1CNC(C)(C)C1=S. The van der Waals surface area contributed by atoms with E-state index in [2.05, 4.69) is 15.4 Å². The molecule has 120 valence electrons. The highest BCUT2D eigenvalue weighted by Gasteiger charge is 2.40. The van der Waals surface area contributed by atoms with Crippen molar-refractivity contribution in [2.75, 3.05) is 13.8 Å². The number of carbonyl (C=O) groups excluding carboxylic acids is 1. The van der Waals surface area contributed by atoms with Crippen LogP contribution in [0.15, 0.2) is 30.3 Å². The monoisotopic (exact) mass is 341 g/mol. The molecule has 2 unspecified atom stereocenters. The number of hydrogen-bond acceptors (Lipinski definition) is 5. The molecule has 2 N–H and O–H groups in total. The second kappa shape index (κ2) is 6.72. The second-order valence-electron chi connectivity index (χ2n) is 5.35. The molecule has 0 bridgehead atoms. The van der Waals surface area contributed by atoms with Crippen LogP contribution in [0.3, 0.4) is 0 Å². The van der Waals surface area contributed by atoms with E-state index < -0.39 is 28.0 Å². The molecule has 1 heterocycles. The second-order valence-corrected chi connectivity index (χ2v) is 7.20. The Morgan fingerprint density at radius 1 is 1.45 bits per heavy atom. The van der Waals surface area contributed by atoms with E-state index in [9.17, 15) is 9.00 Å². The van der Waals surface area contributed by atoms with Gasteiger partial charge in [-0.1, -0.05) is 42.5 Å². The summed E-state index contributed by atoms with van der Waals surface area (Å²) in [6, 6.07) is 9.10. The zero-order chi connectivity index (χ0) is 16.3. The fraction of sp³-hybridized carbons (Fsp3) is 0.429. The fourth-order valence-electron chi connectivity index (χ4n) is 2.05. The highest BCUT2D eigenvalue weighted by molar-refractivity contribution is 7.86. The molecule has 8 heteroatoms. The summed E-state index contributed by atoms with van der Waals surface area (Å²) in [7, 11) is -0.296. The lowest BCUT2D eigenvalue weighted by molar-refractivity contribution is 0.170. The predicted molar refractivity (Wildman–Crippen MR) is 89.4 cm³/mol. The molecule has 0 saturated carbocycles. The number of nitrogens with one attached hydrogen (secondary N) is 2. The number of rotatable bonds is 4. The minimum absolute atomic E-state index is 0.366.